The highest BCUT2D eigenvalue weighted by Crippen LogP contribution is 2.25. The lowest BCUT2D eigenvalue weighted by molar-refractivity contribution is -0.115. The Morgan fingerprint density at radius 2 is 1.95 bits per heavy atom. The summed E-state index contributed by atoms with van der Waals surface area (Å²) in [4.78, 5) is 14.5. The molecular formula is C16H19ClN2OS. The molecule has 1 aromatic heterocycles. The minimum atomic E-state index is -0.0613. The minimum Gasteiger partial charge on any atom is -0.325 e. The van der Waals surface area contributed by atoms with Crippen molar-refractivity contribution in [2.75, 3.05) is 11.9 Å². The van der Waals surface area contributed by atoms with Crippen molar-refractivity contribution in [3.8, 4) is 0 Å². The van der Waals surface area contributed by atoms with E-state index in [2.05, 4.69) is 37.5 Å². The second-order valence-electron chi connectivity index (χ2n) is 5.03. The number of amides is 1. The Bertz CT molecular complexity index is 622. The molecule has 0 radical (unpaired) electrons. The molecule has 21 heavy (non-hydrogen) atoms. The van der Waals surface area contributed by atoms with E-state index in [-0.39, 0.29) is 18.5 Å². The van der Waals surface area contributed by atoms with Gasteiger partial charge in [-0.25, -0.2) is 0 Å². The van der Waals surface area contributed by atoms with Crippen LogP contribution in [0.15, 0.2) is 30.3 Å². The number of anilines is 1. The van der Waals surface area contributed by atoms with Crippen LogP contribution in [0.1, 0.15) is 28.3 Å². The average Bonchev–Trinajstić information content (AvgIpc) is 2.78. The van der Waals surface area contributed by atoms with E-state index >= 15 is 0 Å². The molecule has 0 fully saturated rings. The smallest absolute Gasteiger partial charge is 0.238 e. The van der Waals surface area contributed by atoms with Gasteiger partial charge in [0, 0.05) is 26.5 Å². The van der Waals surface area contributed by atoms with Crippen molar-refractivity contribution in [2.24, 2.45) is 0 Å². The van der Waals surface area contributed by atoms with Gasteiger partial charge in [-0.15, -0.1) is 11.3 Å². The molecule has 0 aliphatic carbocycles. The fourth-order valence-corrected chi connectivity index (χ4v) is 3.32. The van der Waals surface area contributed by atoms with Crippen LogP contribution < -0.4 is 10.6 Å². The first-order valence-electron chi connectivity index (χ1n) is 6.81. The predicted octanol–water partition coefficient (Wildman–Crippen LogP) is 4.31. The first-order valence-corrected chi connectivity index (χ1v) is 8.01. The number of nitrogens with one attached hydrogen (secondary N) is 2. The summed E-state index contributed by atoms with van der Waals surface area (Å²) in [7, 11) is 0. The second kappa shape index (κ2) is 7.07. The van der Waals surface area contributed by atoms with Crippen LogP contribution in [0.2, 0.25) is 5.02 Å². The molecule has 1 amide bonds. The van der Waals surface area contributed by atoms with Gasteiger partial charge in [-0.2, -0.15) is 0 Å². The van der Waals surface area contributed by atoms with Gasteiger partial charge in [0.15, 0.2) is 0 Å². The molecule has 1 atom stereocenters. The Morgan fingerprint density at radius 1 is 1.29 bits per heavy atom. The van der Waals surface area contributed by atoms with Gasteiger partial charge in [0.2, 0.25) is 5.91 Å². The summed E-state index contributed by atoms with van der Waals surface area (Å²) < 4.78 is 0. The van der Waals surface area contributed by atoms with Crippen molar-refractivity contribution in [1.82, 2.24) is 5.32 Å². The van der Waals surface area contributed by atoms with Crippen LogP contribution >= 0.6 is 22.9 Å². The first kappa shape index (κ1) is 16.0. The van der Waals surface area contributed by atoms with Gasteiger partial charge >= 0.3 is 0 Å². The molecule has 0 bridgehead atoms. The summed E-state index contributed by atoms with van der Waals surface area (Å²) in [5.41, 5.74) is 2.01. The van der Waals surface area contributed by atoms with Crippen LogP contribution in [0.3, 0.4) is 0 Å². The van der Waals surface area contributed by atoms with Gasteiger partial charge < -0.3 is 10.6 Å². The van der Waals surface area contributed by atoms with Crippen molar-refractivity contribution in [1.29, 1.82) is 0 Å². The molecule has 2 N–H and O–H groups in total. The molecule has 0 spiro atoms. The highest BCUT2D eigenvalue weighted by Gasteiger charge is 2.12. The molecule has 1 aromatic carbocycles. The van der Waals surface area contributed by atoms with Gasteiger partial charge in [0.1, 0.15) is 0 Å². The molecule has 0 saturated carbocycles. The van der Waals surface area contributed by atoms with Gasteiger partial charge in [-0.3, -0.25) is 4.79 Å². The van der Waals surface area contributed by atoms with Crippen LogP contribution in [-0.4, -0.2) is 12.5 Å². The molecule has 2 rings (SSSR count). The van der Waals surface area contributed by atoms with Gasteiger partial charge in [0.05, 0.1) is 6.54 Å². The van der Waals surface area contributed by atoms with Crippen molar-refractivity contribution >= 4 is 34.5 Å². The second-order valence-corrected chi connectivity index (χ2v) is 6.92. The zero-order chi connectivity index (χ0) is 15.4. The molecule has 2 aromatic rings. The highest BCUT2D eigenvalue weighted by molar-refractivity contribution is 7.12. The molecule has 1 unspecified atom stereocenters. The molecular weight excluding hydrogens is 304 g/mol. The van der Waals surface area contributed by atoms with E-state index in [0.29, 0.717) is 5.02 Å². The zero-order valence-corrected chi connectivity index (χ0v) is 13.9. The van der Waals surface area contributed by atoms with Crippen LogP contribution in [0.25, 0.3) is 0 Å². The number of halogens is 1. The average molecular weight is 323 g/mol. The van der Waals surface area contributed by atoms with Crippen molar-refractivity contribution in [3.05, 3.63) is 50.7 Å². The van der Waals surface area contributed by atoms with E-state index in [9.17, 15) is 4.79 Å². The zero-order valence-electron chi connectivity index (χ0n) is 12.4. The van der Waals surface area contributed by atoms with E-state index in [1.165, 1.54) is 15.3 Å². The van der Waals surface area contributed by atoms with E-state index in [1.54, 1.807) is 35.6 Å². The predicted molar refractivity (Wildman–Crippen MR) is 90.3 cm³/mol. The van der Waals surface area contributed by atoms with E-state index in [0.717, 1.165) is 5.69 Å². The Morgan fingerprint density at radius 3 is 2.52 bits per heavy atom. The standard InChI is InChI=1S/C16H19ClN2OS/c1-10-8-15(12(3)21-10)11(2)18-9-16(20)19-14-6-4-13(17)5-7-14/h4-8,11,18H,9H2,1-3H3,(H,19,20). The van der Waals surface area contributed by atoms with E-state index in [1.807, 2.05) is 0 Å². The monoisotopic (exact) mass is 322 g/mol. The maximum absolute atomic E-state index is 11.9. The third-order valence-electron chi connectivity index (χ3n) is 3.24. The highest BCUT2D eigenvalue weighted by atomic mass is 35.5. The number of benzene rings is 1. The Labute approximate surface area is 134 Å². The lowest BCUT2D eigenvalue weighted by Crippen LogP contribution is -2.30. The largest absolute Gasteiger partial charge is 0.325 e. The van der Waals surface area contributed by atoms with Crippen molar-refractivity contribution in [3.63, 3.8) is 0 Å². The number of thiophene rings is 1. The first-order chi connectivity index (χ1) is 9.95. The Kier molecular flexibility index (Phi) is 5.39. The summed E-state index contributed by atoms with van der Waals surface area (Å²) in [6, 6.07) is 9.42. The third kappa shape index (κ3) is 4.56. The number of aryl methyl sites for hydroxylation is 2. The lowest BCUT2D eigenvalue weighted by Gasteiger charge is -2.14. The molecule has 3 nitrogen and oxygen atoms in total. The van der Waals surface area contributed by atoms with Crippen LogP contribution in [0, 0.1) is 13.8 Å². The third-order valence-corrected chi connectivity index (χ3v) is 4.48. The molecule has 0 aliphatic rings. The molecule has 0 aliphatic heterocycles. The normalized spacial score (nSPS) is 12.2. The fourth-order valence-electron chi connectivity index (χ4n) is 2.17. The quantitative estimate of drug-likeness (QED) is 0.861. The topological polar surface area (TPSA) is 41.1 Å². The number of rotatable bonds is 5. The number of carbonyl (C=O) groups excluding carboxylic acids is 1. The molecule has 112 valence electrons. The number of hydrogen-bond acceptors (Lipinski definition) is 3. The Balaban J connectivity index is 1.86. The number of hydrogen-bond donors (Lipinski definition) is 2. The van der Waals surface area contributed by atoms with Crippen LogP contribution in [0.4, 0.5) is 5.69 Å². The minimum absolute atomic E-state index is 0.0613. The summed E-state index contributed by atoms with van der Waals surface area (Å²) in [6.45, 7) is 6.56. The molecule has 0 saturated heterocycles. The van der Waals surface area contributed by atoms with E-state index < -0.39 is 0 Å². The SMILES string of the molecule is Cc1cc(C(C)NCC(=O)Nc2ccc(Cl)cc2)c(C)s1. The summed E-state index contributed by atoms with van der Waals surface area (Å²) >= 11 is 7.59. The summed E-state index contributed by atoms with van der Waals surface area (Å²) in [5, 5.41) is 6.75. The maximum atomic E-state index is 11.9. The van der Waals surface area contributed by atoms with E-state index in [4.69, 9.17) is 11.6 Å². The van der Waals surface area contributed by atoms with Gasteiger partial charge in [0.25, 0.3) is 0 Å². The van der Waals surface area contributed by atoms with Gasteiger partial charge in [-0.1, -0.05) is 11.6 Å². The number of carbonyl (C=O) groups is 1. The van der Waals surface area contributed by atoms with Crippen molar-refractivity contribution in [2.45, 2.75) is 26.8 Å². The van der Waals surface area contributed by atoms with Crippen LogP contribution in [-0.2, 0) is 4.79 Å². The lowest BCUT2D eigenvalue weighted by atomic mass is 10.1. The van der Waals surface area contributed by atoms with Gasteiger partial charge in [-0.05, 0) is 56.7 Å². The summed E-state index contributed by atoms with van der Waals surface area (Å²) in [6.07, 6.45) is 0. The molecule has 1 heterocycles. The summed E-state index contributed by atoms with van der Waals surface area (Å²) in [5.74, 6) is -0.0613. The Hall–Kier alpha value is -1.36. The fraction of sp³-hybridized carbons (Fsp3) is 0.312. The molecule has 5 heteroatoms. The van der Waals surface area contributed by atoms with Crippen molar-refractivity contribution < 1.29 is 4.79 Å². The maximum Gasteiger partial charge on any atom is 0.238 e. The van der Waals surface area contributed by atoms with Crippen LogP contribution in [0.5, 0.6) is 0 Å².